The van der Waals surface area contributed by atoms with E-state index in [9.17, 15) is 28.8 Å². The molecule has 23 heavy (non-hydrogen) atoms. The first-order valence-corrected chi connectivity index (χ1v) is 6.14. The molecule has 0 aliphatic carbocycles. The van der Waals surface area contributed by atoms with Gasteiger partial charge in [-0.3, -0.25) is 40.4 Å². The lowest BCUT2D eigenvalue weighted by Crippen LogP contribution is -2.53. The second-order valence-electron chi connectivity index (χ2n) is 4.51. The van der Waals surface area contributed by atoms with Gasteiger partial charge in [-0.2, -0.15) is 0 Å². The van der Waals surface area contributed by atoms with Gasteiger partial charge < -0.3 is 4.98 Å². The van der Waals surface area contributed by atoms with Crippen molar-refractivity contribution in [3.8, 4) is 0 Å². The van der Waals surface area contributed by atoms with Crippen molar-refractivity contribution >= 4 is 46.8 Å². The molecule has 2 aliphatic rings. The first-order valence-electron chi connectivity index (χ1n) is 6.14. The zero-order valence-electron chi connectivity index (χ0n) is 11.1. The quantitative estimate of drug-likeness (QED) is 0.327. The van der Waals surface area contributed by atoms with Gasteiger partial charge in [-0.15, -0.1) is 0 Å². The molecular formula is C12H7N5O6. The molecule has 2 saturated heterocycles. The van der Waals surface area contributed by atoms with Crippen LogP contribution in [0, 0.1) is 0 Å². The SMILES string of the molecule is O=C1NC(=O)C(=c2ccc(=C3C(=O)NC(=O)NC3=O)[nH]2)C(=O)N1. The van der Waals surface area contributed by atoms with Crippen LogP contribution in [0.25, 0.3) is 11.1 Å². The van der Waals surface area contributed by atoms with Gasteiger partial charge in [0.1, 0.15) is 11.1 Å². The molecule has 3 rings (SSSR count). The van der Waals surface area contributed by atoms with Crippen molar-refractivity contribution in [2.24, 2.45) is 0 Å². The number of urea groups is 2. The minimum absolute atomic E-state index is 0.00694. The molecule has 11 nitrogen and oxygen atoms in total. The van der Waals surface area contributed by atoms with E-state index >= 15 is 0 Å². The van der Waals surface area contributed by atoms with Crippen molar-refractivity contribution in [1.82, 2.24) is 26.3 Å². The fourth-order valence-corrected chi connectivity index (χ4v) is 2.11. The van der Waals surface area contributed by atoms with E-state index in [-0.39, 0.29) is 21.8 Å². The Morgan fingerprint density at radius 1 is 0.522 bits per heavy atom. The smallest absolute Gasteiger partial charge is 0.328 e. The van der Waals surface area contributed by atoms with Gasteiger partial charge in [0.25, 0.3) is 23.6 Å². The standard InChI is InChI=1S/C12H7N5O6/c18-7-5(8(19)15-11(22)14-7)3-1-2-4(13-3)6-9(20)16-12(23)17-10(6)21/h1-2,13H,(H2,14,15,18,19,22)(H2,16,17,20,21,23). The topological polar surface area (TPSA) is 166 Å². The molecule has 2 fully saturated rings. The van der Waals surface area contributed by atoms with Crippen LogP contribution in [0.3, 0.4) is 0 Å². The summed E-state index contributed by atoms with van der Waals surface area (Å²) >= 11 is 0. The van der Waals surface area contributed by atoms with E-state index in [2.05, 4.69) is 4.98 Å². The van der Waals surface area contributed by atoms with Crippen LogP contribution < -0.4 is 32.0 Å². The van der Waals surface area contributed by atoms with Crippen molar-refractivity contribution in [1.29, 1.82) is 0 Å². The van der Waals surface area contributed by atoms with Gasteiger partial charge in [0, 0.05) is 0 Å². The molecule has 0 saturated carbocycles. The average Bonchev–Trinajstić information content (AvgIpc) is 2.85. The predicted molar refractivity (Wildman–Crippen MR) is 70.2 cm³/mol. The van der Waals surface area contributed by atoms with E-state index in [0.29, 0.717) is 0 Å². The van der Waals surface area contributed by atoms with Crippen LogP contribution in [-0.2, 0) is 19.2 Å². The summed E-state index contributed by atoms with van der Waals surface area (Å²) in [6.07, 6.45) is 0. The lowest BCUT2D eigenvalue weighted by Gasteiger charge is -2.13. The zero-order valence-corrected chi connectivity index (χ0v) is 11.1. The highest BCUT2D eigenvalue weighted by atomic mass is 16.2. The Morgan fingerprint density at radius 2 is 0.826 bits per heavy atom. The number of nitrogens with one attached hydrogen (secondary N) is 5. The average molecular weight is 317 g/mol. The highest BCUT2D eigenvalue weighted by Crippen LogP contribution is 2.00. The molecule has 0 spiro atoms. The number of imide groups is 4. The van der Waals surface area contributed by atoms with Crippen LogP contribution in [0.15, 0.2) is 12.1 Å². The number of rotatable bonds is 0. The maximum Gasteiger partial charge on any atom is 0.328 e. The van der Waals surface area contributed by atoms with E-state index < -0.39 is 35.7 Å². The minimum atomic E-state index is -0.950. The van der Waals surface area contributed by atoms with E-state index in [0.717, 1.165) is 0 Å². The second kappa shape index (κ2) is 4.91. The molecular weight excluding hydrogens is 310 g/mol. The van der Waals surface area contributed by atoms with Crippen LogP contribution in [0.5, 0.6) is 0 Å². The number of amides is 8. The third-order valence-electron chi connectivity index (χ3n) is 3.04. The maximum absolute atomic E-state index is 11.7. The molecule has 0 unspecified atom stereocenters. The van der Waals surface area contributed by atoms with Crippen molar-refractivity contribution in [2.45, 2.75) is 0 Å². The summed E-state index contributed by atoms with van der Waals surface area (Å²) in [7, 11) is 0. The maximum atomic E-state index is 11.7. The lowest BCUT2D eigenvalue weighted by molar-refractivity contribution is -0.122. The van der Waals surface area contributed by atoms with Crippen LogP contribution in [0.4, 0.5) is 9.59 Å². The van der Waals surface area contributed by atoms with Crippen molar-refractivity contribution in [2.75, 3.05) is 0 Å². The Hall–Kier alpha value is -3.76. The fraction of sp³-hybridized carbons (Fsp3) is 0. The van der Waals surface area contributed by atoms with E-state index in [1.54, 1.807) is 0 Å². The summed E-state index contributed by atoms with van der Waals surface area (Å²) < 4.78 is 0. The van der Waals surface area contributed by atoms with Gasteiger partial charge in [0.05, 0.1) is 10.7 Å². The van der Waals surface area contributed by atoms with Crippen molar-refractivity contribution < 1.29 is 28.8 Å². The summed E-state index contributed by atoms with van der Waals surface area (Å²) in [5, 5.41) is 7.56. The molecule has 2 aliphatic heterocycles. The van der Waals surface area contributed by atoms with Gasteiger partial charge in [0.2, 0.25) is 0 Å². The summed E-state index contributed by atoms with van der Waals surface area (Å²) in [5.74, 6) is -3.70. The highest BCUT2D eigenvalue weighted by Gasteiger charge is 2.30. The Bertz CT molecular complexity index is 821. The van der Waals surface area contributed by atoms with Gasteiger partial charge in [-0.05, 0) is 12.1 Å². The molecule has 0 aromatic carbocycles. The Kier molecular flexibility index (Phi) is 3.03. The third kappa shape index (κ3) is 2.35. The van der Waals surface area contributed by atoms with Gasteiger partial charge >= 0.3 is 12.1 Å². The number of hydrogen-bond donors (Lipinski definition) is 5. The number of hydrogen-bond acceptors (Lipinski definition) is 6. The zero-order chi connectivity index (χ0) is 16.7. The second-order valence-corrected chi connectivity index (χ2v) is 4.51. The summed E-state index contributed by atoms with van der Waals surface area (Å²) in [6, 6.07) is 0.664. The van der Waals surface area contributed by atoms with Crippen LogP contribution in [-0.4, -0.2) is 40.7 Å². The van der Waals surface area contributed by atoms with Crippen LogP contribution in [0.1, 0.15) is 0 Å². The Morgan fingerprint density at radius 3 is 1.13 bits per heavy atom. The molecule has 116 valence electrons. The summed E-state index contributed by atoms with van der Waals surface area (Å²) in [5.41, 5.74) is -0.770. The highest BCUT2D eigenvalue weighted by molar-refractivity contribution is 6.47. The number of aromatic amines is 1. The van der Waals surface area contributed by atoms with E-state index in [4.69, 9.17) is 0 Å². The summed E-state index contributed by atoms with van der Waals surface area (Å²) in [6.45, 7) is 0. The normalized spacial score (nSPS) is 18.4. The van der Waals surface area contributed by atoms with E-state index in [1.807, 2.05) is 21.3 Å². The number of carbonyl (C=O) groups excluding carboxylic acids is 6. The van der Waals surface area contributed by atoms with Gasteiger partial charge in [-0.25, -0.2) is 9.59 Å². The lowest BCUT2D eigenvalue weighted by atomic mass is 10.2. The molecule has 0 radical (unpaired) electrons. The molecule has 11 heteroatoms. The van der Waals surface area contributed by atoms with Crippen LogP contribution in [0.2, 0.25) is 0 Å². The molecule has 1 aromatic heterocycles. The van der Waals surface area contributed by atoms with Crippen molar-refractivity contribution in [3.05, 3.63) is 22.8 Å². The van der Waals surface area contributed by atoms with Gasteiger partial charge in [0.15, 0.2) is 0 Å². The van der Waals surface area contributed by atoms with E-state index in [1.165, 1.54) is 12.1 Å². The molecule has 0 bridgehead atoms. The monoisotopic (exact) mass is 317 g/mol. The number of barbiturate groups is 2. The van der Waals surface area contributed by atoms with Crippen LogP contribution >= 0.6 is 0 Å². The first-order chi connectivity index (χ1) is 10.9. The molecule has 8 amide bonds. The molecule has 5 N–H and O–H groups in total. The number of aromatic nitrogens is 1. The Labute approximate surface area is 125 Å². The summed E-state index contributed by atoms with van der Waals surface area (Å²) in [4.78, 5) is 71.4. The first kappa shape index (κ1) is 14.2. The molecule has 0 atom stereocenters. The molecule has 1 aromatic rings. The van der Waals surface area contributed by atoms with Gasteiger partial charge in [-0.1, -0.05) is 0 Å². The Balaban J connectivity index is 2.17. The van der Waals surface area contributed by atoms with Crippen molar-refractivity contribution in [3.63, 3.8) is 0 Å². The molecule has 3 heterocycles. The minimum Gasteiger partial charge on any atom is -0.354 e. The largest absolute Gasteiger partial charge is 0.354 e. The fourth-order valence-electron chi connectivity index (χ4n) is 2.11. The predicted octanol–water partition coefficient (Wildman–Crippen LogP) is -3.95. The number of carbonyl (C=O) groups is 6. The number of H-pyrrole nitrogens is 1. The third-order valence-corrected chi connectivity index (χ3v) is 3.04.